The van der Waals surface area contributed by atoms with E-state index < -0.39 is 0 Å². The summed E-state index contributed by atoms with van der Waals surface area (Å²) in [7, 11) is 0. The summed E-state index contributed by atoms with van der Waals surface area (Å²) in [5, 5.41) is 0. The topological polar surface area (TPSA) is 3.24 Å². The van der Waals surface area contributed by atoms with Gasteiger partial charge in [-0.15, -0.1) is 12.3 Å². The molecule has 3 rings (SSSR count). The Morgan fingerprint density at radius 2 is 1.79 bits per heavy atom. The summed E-state index contributed by atoms with van der Waals surface area (Å²) in [6.45, 7) is 1.04. The Hall–Kier alpha value is -2.20. The molecule has 19 heavy (non-hydrogen) atoms. The van der Waals surface area contributed by atoms with Gasteiger partial charge in [-0.05, 0) is 29.7 Å². The number of para-hydroxylation sites is 1. The SMILES string of the molecule is C#CCC1c2ccccc2CCN1c1ccccc1. The summed E-state index contributed by atoms with van der Waals surface area (Å²) >= 11 is 0. The second-order valence-corrected chi connectivity index (χ2v) is 4.90. The molecule has 0 aromatic heterocycles. The first-order valence-corrected chi connectivity index (χ1v) is 6.73. The lowest BCUT2D eigenvalue weighted by atomic mass is 9.90. The van der Waals surface area contributed by atoms with Gasteiger partial charge in [-0.25, -0.2) is 0 Å². The molecule has 1 aliphatic heterocycles. The van der Waals surface area contributed by atoms with Crippen molar-refractivity contribution in [2.45, 2.75) is 18.9 Å². The molecule has 0 amide bonds. The molecule has 1 unspecified atom stereocenters. The van der Waals surface area contributed by atoms with Gasteiger partial charge in [0.1, 0.15) is 0 Å². The number of benzene rings is 2. The molecule has 0 spiro atoms. The molecular formula is C18H17N. The van der Waals surface area contributed by atoms with Crippen LogP contribution in [-0.4, -0.2) is 6.54 Å². The Morgan fingerprint density at radius 1 is 1.05 bits per heavy atom. The van der Waals surface area contributed by atoms with Crippen molar-refractivity contribution in [2.24, 2.45) is 0 Å². The second kappa shape index (κ2) is 5.20. The molecule has 0 fully saturated rings. The number of terminal acetylenes is 1. The minimum Gasteiger partial charge on any atom is -0.363 e. The van der Waals surface area contributed by atoms with Gasteiger partial charge in [0.25, 0.3) is 0 Å². The molecule has 1 heterocycles. The van der Waals surface area contributed by atoms with E-state index in [4.69, 9.17) is 6.42 Å². The van der Waals surface area contributed by atoms with E-state index in [2.05, 4.69) is 65.4 Å². The highest BCUT2D eigenvalue weighted by atomic mass is 15.2. The average Bonchev–Trinajstić information content (AvgIpc) is 2.49. The Kier molecular flexibility index (Phi) is 3.25. The fourth-order valence-corrected chi connectivity index (χ4v) is 2.91. The Bertz CT molecular complexity index is 595. The minimum absolute atomic E-state index is 0.303. The van der Waals surface area contributed by atoms with Gasteiger partial charge in [0.2, 0.25) is 0 Å². The fraction of sp³-hybridized carbons (Fsp3) is 0.222. The van der Waals surface area contributed by atoms with Gasteiger partial charge in [-0.1, -0.05) is 42.5 Å². The zero-order valence-corrected chi connectivity index (χ0v) is 10.9. The van der Waals surface area contributed by atoms with Gasteiger partial charge < -0.3 is 4.90 Å². The molecular weight excluding hydrogens is 230 g/mol. The van der Waals surface area contributed by atoms with Crippen molar-refractivity contribution in [3.05, 3.63) is 65.7 Å². The van der Waals surface area contributed by atoms with E-state index in [0.29, 0.717) is 6.04 Å². The maximum absolute atomic E-state index is 5.58. The van der Waals surface area contributed by atoms with Crippen LogP contribution >= 0.6 is 0 Å². The van der Waals surface area contributed by atoms with E-state index in [1.807, 2.05) is 0 Å². The highest BCUT2D eigenvalue weighted by Crippen LogP contribution is 2.35. The molecule has 0 radical (unpaired) electrons. The van der Waals surface area contributed by atoms with Crippen molar-refractivity contribution >= 4 is 5.69 Å². The molecule has 0 N–H and O–H groups in total. The lowest BCUT2D eigenvalue weighted by molar-refractivity contribution is 0.594. The molecule has 0 saturated heterocycles. The van der Waals surface area contributed by atoms with Crippen molar-refractivity contribution in [3.63, 3.8) is 0 Å². The first-order valence-electron chi connectivity index (χ1n) is 6.73. The smallest absolute Gasteiger partial charge is 0.0654 e. The normalized spacial score (nSPS) is 17.6. The maximum Gasteiger partial charge on any atom is 0.0654 e. The van der Waals surface area contributed by atoms with Gasteiger partial charge in [0.05, 0.1) is 6.04 Å². The molecule has 94 valence electrons. The van der Waals surface area contributed by atoms with E-state index in [9.17, 15) is 0 Å². The molecule has 1 nitrogen and oxygen atoms in total. The van der Waals surface area contributed by atoms with Crippen LogP contribution in [0.5, 0.6) is 0 Å². The van der Waals surface area contributed by atoms with Crippen LogP contribution in [0.15, 0.2) is 54.6 Å². The van der Waals surface area contributed by atoms with Crippen LogP contribution in [0.1, 0.15) is 23.6 Å². The van der Waals surface area contributed by atoms with Crippen molar-refractivity contribution in [1.82, 2.24) is 0 Å². The summed E-state index contributed by atoms with van der Waals surface area (Å²) in [4.78, 5) is 2.43. The van der Waals surface area contributed by atoms with Crippen LogP contribution in [-0.2, 0) is 6.42 Å². The van der Waals surface area contributed by atoms with Gasteiger partial charge in [0.15, 0.2) is 0 Å². The lowest BCUT2D eigenvalue weighted by Gasteiger charge is -2.38. The molecule has 1 aliphatic rings. The molecule has 0 bridgehead atoms. The highest BCUT2D eigenvalue weighted by Gasteiger charge is 2.26. The van der Waals surface area contributed by atoms with Crippen molar-refractivity contribution < 1.29 is 0 Å². The summed E-state index contributed by atoms with van der Waals surface area (Å²) in [5.74, 6) is 2.84. The van der Waals surface area contributed by atoms with Crippen molar-refractivity contribution in [3.8, 4) is 12.3 Å². The Morgan fingerprint density at radius 3 is 2.58 bits per heavy atom. The van der Waals surface area contributed by atoms with E-state index in [-0.39, 0.29) is 0 Å². The number of fused-ring (bicyclic) bond motifs is 1. The monoisotopic (exact) mass is 247 g/mol. The molecule has 1 atom stereocenters. The number of rotatable bonds is 2. The molecule has 1 heteroatoms. The standard InChI is InChI=1S/C18H17N/c1-2-8-18-17-12-7-6-9-15(17)13-14-19(18)16-10-4-3-5-11-16/h1,3-7,9-12,18H,8,13-14H2. The van der Waals surface area contributed by atoms with Gasteiger partial charge >= 0.3 is 0 Å². The zero-order chi connectivity index (χ0) is 13.1. The predicted octanol–water partition coefficient (Wildman–Crippen LogP) is 3.81. The third-order valence-corrected chi connectivity index (χ3v) is 3.81. The van der Waals surface area contributed by atoms with Crippen LogP contribution in [0.4, 0.5) is 5.69 Å². The lowest BCUT2D eigenvalue weighted by Crippen LogP contribution is -2.35. The summed E-state index contributed by atoms with van der Waals surface area (Å²) in [6, 6.07) is 19.5. The first kappa shape index (κ1) is 11.9. The second-order valence-electron chi connectivity index (χ2n) is 4.90. The zero-order valence-electron chi connectivity index (χ0n) is 10.9. The van der Waals surface area contributed by atoms with Gasteiger partial charge in [-0.2, -0.15) is 0 Å². The van der Waals surface area contributed by atoms with Crippen LogP contribution in [0.3, 0.4) is 0 Å². The molecule has 0 saturated carbocycles. The van der Waals surface area contributed by atoms with E-state index >= 15 is 0 Å². The van der Waals surface area contributed by atoms with Crippen molar-refractivity contribution in [1.29, 1.82) is 0 Å². The van der Waals surface area contributed by atoms with Crippen molar-refractivity contribution in [2.75, 3.05) is 11.4 Å². The van der Waals surface area contributed by atoms with E-state index in [0.717, 1.165) is 19.4 Å². The molecule has 0 aliphatic carbocycles. The minimum atomic E-state index is 0.303. The summed E-state index contributed by atoms with van der Waals surface area (Å²) in [6.07, 6.45) is 7.43. The quantitative estimate of drug-likeness (QED) is 0.729. The fourth-order valence-electron chi connectivity index (χ4n) is 2.91. The van der Waals surface area contributed by atoms with Gasteiger partial charge in [-0.3, -0.25) is 0 Å². The third kappa shape index (κ3) is 2.22. The third-order valence-electron chi connectivity index (χ3n) is 3.81. The molecule has 2 aromatic rings. The first-order chi connectivity index (χ1) is 9.40. The maximum atomic E-state index is 5.58. The average molecular weight is 247 g/mol. The molecule has 2 aromatic carbocycles. The number of nitrogens with zero attached hydrogens (tertiary/aromatic N) is 1. The van der Waals surface area contributed by atoms with E-state index in [1.54, 1.807) is 0 Å². The summed E-state index contributed by atoms with van der Waals surface area (Å²) < 4.78 is 0. The van der Waals surface area contributed by atoms with Crippen LogP contribution in [0.2, 0.25) is 0 Å². The Labute approximate surface area is 114 Å². The number of anilines is 1. The van der Waals surface area contributed by atoms with Crippen LogP contribution in [0, 0.1) is 12.3 Å². The van der Waals surface area contributed by atoms with Crippen LogP contribution < -0.4 is 4.90 Å². The highest BCUT2D eigenvalue weighted by molar-refractivity contribution is 5.52. The van der Waals surface area contributed by atoms with E-state index in [1.165, 1.54) is 16.8 Å². The Balaban J connectivity index is 2.01. The van der Waals surface area contributed by atoms with Gasteiger partial charge in [0, 0.05) is 18.7 Å². The largest absolute Gasteiger partial charge is 0.363 e. The van der Waals surface area contributed by atoms with Crippen LogP contribution in [0.25, 0.3) is 0 Å². The number of hydrogen-bond donors (Lipinski definition) is 0. The predicted molar refractivity (Wildman–Crippen MR) is 80.1 cm³/mol. The number of hydrogen-bond acceptors (Lipinski definition) is 1. The summed E-state index contributed by atoms with van der Waals surface area (Å²) in [5.41, 5.74) is 4.09.